The summed E-state index contributed by atoms with van der Waals surface area (Å²) in [6.45, 7) is 2.13. The average Bonchev–Trinajstić information content (AvgIpc) is 3.07. The third kappa shape index (κ3) is 5.35. The summed E-state index contributed by atoms with van der Waals surface area (Å²) in [5.41, 5.74) is 3.36. The third-order valence-electron chi connectivity index (χ3n) is 4.94. The van der Waals surface area contributed by atoms with Crippen molar-refractivity contribution < 1.29 is 19.1 Å². The number of benzene rings is 1. The Hall–Kier alpha value is -3.50. The maximum atomic E-state index is 12.4. The first-order valence-corrected chi connectivity index (χ1v) is 11.7. The highest BCUT2D eigenvalue weighted by molar-refractivity contribution is 9.10. The van der Waals surface area contributed by atoms with Crippen LogP contribution in [0.5, 0.6) is 5.75 Å². The van der Waals surface area contributed by atoms with Crippen molar-refractivity contribution >= 4 is 56.5 Å². The van der Waals surface area contributed by atoms with E-state index in [2.05, 4.69) is 31.2 Å². The van der Waals surface area contributed by atoms with Crippen LogP contribution < -0.4 is 10.1 Å². The number of hydrogen-bond acceptors (Lipinski definition) is 7. The number of nitrogens with zero attached hydrogens (tertiary/aromatic N) is 3. The molecule has 0 aliphatic carbocycles. The van der Waals surface area contributed by atoms with Gasteiger partial charge < -0.3 is 10.1 Å². The molecule has 3 heterocycles. The van der Waals surface area contributed by atoms with Crippen molar-refractivity contribution in [2.45, 2.75) is 13.5 Å². The summed E-state index contributed by atoms with van der Waals surface area (Å²) in [5, 5.41) is 2.49. The number of carbonyl (C=O) groups is 3. The molecule has 3 aromatic rings. The number of halogens is 1. The fourth-order valence-electron chi connectivity index (χ4n) is 3.12. The first kappa shape index (κ1) is 23.7. The fourth-order valence-corrected chi connectivity index (χ4v) is 4.51. The molecule has 0 radical (unpaired) electrons. The van der Waals surface area contributed by atoms with Crippen molar-refractivity contribution in [1.82, 2.24) is 14.9 Å². The van der Waals surface area contributed by atoms with Gasteiger partial charge in [-0.1, -0.05) is 15.9 Å². The van der Waals surface area contributed by atoms with E-state index in [9.17, 15) is 14.4 Å². The number of amides is 3. The summed E-state index contributed by atoms with van der Waals surface area (Å²) in [6.07, 6.45) is 7.98. The molecule has 10 heteroatoms. The minimum absolute atomic E-state index is 0.219. The Morgan fingerprint density at radius 3 is 2.74 bits per heavy atom. The van der Waals surface area contributed by atoms with Gasteiger partial charge in [-0.3, -0.25) is 29.3 Å². The Morgan fingerprint density at radius 2 is 2.03 bits per heavy atom. The average molecular weight is 539 g/mol. The normalized spacial score (nSPS) is 14.6. The molecule has 0 spiro atoms. The number of carbonyl (C=O) groups excluding carboxylic acids is 3. The van der Waals surface area contributed by atoms with Crippen LogP contribution in [0, 0.1) is 6.92 Å². The number of anilines is 1. The van der Waals surface area contributed by atoms with Gasteiger partial charge in [0.2, 0.25) is 0 Å². The number of thioether (sulfide) groups is 1. The molecule has 34 heavy (non-hydrogen) atoms. The highest BCUT2D eigenvalue weighted by Gasteiger charge is 2.32. The fraction of sp³-hybridized carbons (Fsp3) is 0.125. The molecule has 1 saturated heterocycles. The highest BCUT2D eigenvalue weighted by Crippen LogP contribution is 2.35. The van der Waals surface area contributed by atoms with E-state index in [1.165, 1.54) is 13.2 Å². The molecule has 2 aromatic heterocycles. The van der Waals surface area contributed by atoms with Gasteiger partial charge in [-0.15, -0.1) is 0 Å². The lowest BCUT2D eigenvalue weighted by molar-refractivity contribution is -0.121. The third-order valence-corrected chi connectivity index (χ3v) is 6.59. The predicted molar refractivity (Wildman–Crippen MR) is 133 cm³/mol. The molecule has 1 aliphatic rings. The molecule has 3 amide bonds. The zero-order valence-corrected chi connectivity index (χ0v) is 20.6. The van der Waals surface area contributed by atoms with Crippen LogP contribution in [0.3, 0.4) is 0 Å². The van der Waals surface area contributed by atoms with Gasteiger partial charge in [-0.05, 0) is 66.2 Å². The summed E-state index contributed by atoms with van der Waals surface area (Å²) >= 11 is 4.41. The number of pyridine rings is 2. The van der Waals surface area contributed by atoms with Crippen molar-refractivity contribution in [3.8, 4) is 5.75 Å². The Kier molecular flexibility index (Phi) is 7.09. The van der Waals surface area contributed by atoms with Crippen LogP contribution in [0.1, 0.15) is 27.0 Å². The van der Waals surface area contributed by atoms with Gasteiger partial charge in [-0.2, -0.15) is 0 Å². The number of aromatic nitrogens is 2. The molecular weight excluding hydrogens is 520 g/mol. The van der Waals surface area contributed by atoms with Crippen LogP contribution >= 0.6 is 27.7 Å². The smallest absolute Gasteiger partial charge is 0.293 e. The van der Waals surface area contributed by atoms with Gasteiger partial charge >= 0.3 is 0 Å². The van der Waals surface area contributed by atoms with Gasteiger partial charge in [-0.25, -0.2) is 0 Å². The molecule has 1 aromatic carbocycles. The van der Waals surface area contributed by atoms with Gasteiger partial charge in [0, 0.05) is 35.7 Å². The summed E-state index contributed by atoms with van der Waals surface area (Å²) in [6, 6.07) is 8.86. The molecule has 4 rings (SSSR count). The van der Waals surface area contributed by atoms with E-state index in [4.69, 9.17) is 4.74 Å². The first-order chi connectivity index (χ1) is 16.3. The monoisotopic (exact) mass is 538 g/mol. The lowest BCUT2D eigenvalue weighted by Crippen LogP contribution is -2.22. The second-order valence-electron chi connectivity index (χ2n) is 7.45. The van der Waals surface area contributed by atoms with Crippen molar-refractivity contribution in [3.63, 3.8) is 0 Å². The van der Waals surface area contributed by atoms with Gasteiger partial charge in [0.05, 0.1) is 22.4 Å². The summed E-state index contributed by atoms with van der Waals surface area (Å²) in [4.78, 5) is 45.9. The van der Waals surface area contributed by atoms with Crippen molar-refractivity contribution in [2.75, 3.05) is 12.4 Å². The van der Waals surface area contributed by atoms with Crippen LogP contribution in [0.4, 0.5) is 10.5 Å². The quantitative estimate of drug-likeness (QED) is 0.438. The maximum Gasteiger partial charge on any atom is 0.293 e. The lowest BCUT2D eigenvalue weighted by Gasteiger charge is -2.12. The van der Waals surface area contributed by atoms with Gasteiger partial charge in [0.15, 0.2) is 0 Å². The second kappa shape index (κ2) is 10.2. The van der Waals surface area contributed by atoms with Crippen LogP contribution in [-0.2, 0) is 11.4 Å². The van der Waals surface area contributed by atoms with Crippen molar-refractivity contribution in [3.05, 3.63) is 86.8 Å². The predicted octanol–water partition coefficient (Wildman–Crippen LogP) is 5.04. The molecule has 0 bridgehead atoms. The zero-order valence-electron chi connectivity index (χ0n) is 18.2. The Bertz CT molecular complexity index is 1310. The summed E-state index contributed by atoms with van der Waals surface area (Å²) in [5.74, 6) is 0.00833. The Morgan fingerprint density at radius 1 is 1.21 bits per heavy atom. The zero-order chi connectivity index (χ0) is 24.2. The van der Waals surface area contributed by atoms with E-state index < -0.39 is 0 Å². The van der Waals surface area contributed by atoms with E-state index in [1.54, 1.807) is 42.9 Å². The molecule has 0 saturated carbocycles. The lowest BCUT2D eigenvalue weighted by atomic mass is 10.1. The SMILES string of the molecule is Cc1cc(Br)c(/C=C2\SC(=O)N(C)C2=O)cc1OCc1cncc(NC(=O)c2cccnc2)c1. The number of nitrogens with one attached hydrogen (secondary N) is 1. The van der Waals surface area contributed by atoms with E-state index in [0.29, 0.717) is 21.9 Å². The minimum atomic E-state index is -0.332. The van der Waals surface area contributed by atoms with Crippen molar-refractivity contribution in [1.29, 1.82) is 0 Å². The highest BCUT2D eigenvalue weighted by atomic mass is 79.9. The number of imide groups is 1. The first-order valence-electron chi connectivity index (χ1n) is 10.1. The molecule has 8 nitrogen and oxygen atoms in total. The molecule has 1 aliphatic heterocycles. The van der Waals surface area contributed by atoms with E-state index in [0.717, 1.165) is 37.8 Å². The van der Waals surface area contributed by atoms with Gasteiger partial charge in [0.1, 0.15) is 12.4 Å². The van der Waals surface area contributed by atoms with E-state index in [-0.39, 0.29) is 23.7 Å². The molecule has 0 unspecified atom stereocenters. The molecular formula is C24H19BrN4O4S. The number of rotatable bonds is 6. The Labute approximate surface area is 208 Å². The Balaban J connectivity index is 1.48. The molecule has 0 atom stereocenters. The van der Waals surface area contributed by atoms with Crippen LogP contribution in [0.15, 0.2) is 64.5 Å². The number of hydrogen-bond donors (Lipinski definition) is 1. The van der Waals surface area contributed by atoms with Crippen molar-refractivity contribution in [2.24, 2.45) is 0 Å². The number of likely N-dealkylation sites (N-methyl/N-ethyl adjacent to an activating group) is 1. The number of aryl methyl sites for hydroxylation is 1. The standard InChI is InChI=1S/C24H19BrN4O4S/c1-14-6-19(25)17(9-21-23(31)29(2)24(32)34-21)8-20(14)33-13-15-7-18(12-27-10-15)28-22(30)16-4-3-5-26-11-16/h3-12H,13H2,1-2H3,(H,28,30)/b21-9-. The van der Waals surface area contributed by atoms with Crippen LogP contribution in [0.25, 0.3) is 6.08 Å². The largest absolute Gasteiger partial charge is 0.489 e. The van der Waals surface area contributed by atoms with Crippen LogP contribution in [0.2, 0.25) is 0 Å². The molecule has 1 fully saturated rings. The second-order valence-corrected chi connectivity index (χ2v) is 9.29. The summed E-state index contributed by atoms with van der Waals surface area (Å²) < 4.78 is 6.79. The molecule has 1 N–H and O–H groups in total. The molecule has 172 valence electrons. The van der Waals surface area contributed by atoms with Gasteiger partial charge in [0.25, 0.3) is 17.1 Å². The van der Waals surface area contributed by atoms with E-state index >= 15 is 0 Å². The van der Waals surface area contributed by atoms with E-state index in [1.807, 2.05) is 19.1 Å². The number of ether oxygens (including phenoxy) is 1. The summed E-state index contributed by atoms with van der Waals surface area (Å²) in [7, 11) is 1.46. The topological polar surface area (TPSA) is 101 Å². The maximum absolute atomic E-state index is 12.4. The minimum Gasteiger partial charge on any atom is -0.489 e. The van der Waals surface area contributed by atoms with Crippen LogP contribution in [-0.4, -0.2) is 39.0 Å².